The highest BCUT2D eigenvalue weighted by atomic mass is 16.5. The Balaban J connectivity index is 0.000000561. The molecule has 0 unspecified atom stereocenters. The summed E-state index contributed by atoms with van der Waals surface area (Å²) in [5, 5.41) is 0. The van der Waals surface area contributed by atoms with E-state index in [2.05, 4.69) is 18.1 Å². The molecule has 1 saturated heterocycles. The highest BCUT2D eigenvalue weighted by Crippen LogP contribution is 1.95. The van der Waals surface area contributed by atoms with Gasteiger partial charge in [0.05, 0.1) is 19.8 Å². The van der Waals surface area contributed by atoms with Gasteiger partial charge in [-0.05, 0) is 6.92 Å². The molecule has 0 atom stereocenters. The first-order valence-electron chi connectivity index (χ1n) is 4.08. The van der Waals surface area contributed by atoms with Crippen LogP contribution in [0.5, 0.6) is 0 Å². The zero-order valence-electron chi connectivity index (χ0n) is 7.71. The lowest BCUT2D eigenvalue weighted by molar-refractivity contribution is -0.119. The Morgan fingerprint density at radius 1 is 1.42 bits per heavy atom. The van der Waals surface area contributed by atoms with Crippen LogP contribution in [0.4, 0.5) is 0 Å². The topological polar surface area (TPSA) is 29.5 Å². The SMILES string of the molecule is C=C.CC(=O)CN1CCOCC1. The minimum atomic E-state index is 0.238. The molecule has 0 bridgehead atoms. The van der Waals surface area contributed by atoms with Crippen LogP contribution < -0.4 is 0 Å². The molecule has 0 spiro atoms. The fourth-order valence-corrected chi connectivity index (χ4v) is 1.07. The molecular weight excluding hydrogens is 154 g/mol. The molecule has 1 aliphatic rings. The normalized spacial score (nSPS) is 17.8. The predicted molar refractivity (Wildman–Crippen MR) is 49.2 cm³/mol. The monoisotopic (exact) mass is 171 g/mol. The molecule has 3 heteroatoms. The van der Waals surface area contributed by atoms with Gasteiger partial charge in [-0.1, -0.05) is 0 Å². The highest BCUT2D eigenvalue weighted by molar-refractivity contribution is 5.77. The maximum absolute atomic E-state index is 10.6. The van der Waals surface area contributed by atoms with Gasteiger partial charge in [-0.3, -0.25) is 9.69 Å². The van der Waals surface area contributed by atoms with Crippen molar-refractivity contribution in [3.05, 3.63) is 13.2 Å². The van der Waals surface area contributed by atoms with E-state index in [9.17, 15) is 4.79 Å². The highest BCUT2D eigenvalue weighted by Gasteiger charge is 2.10. The minimum Gasteiger partial charge on any atom is -0.379 e. The average molecular weight is 171 g/mol. The fourth-order valence-electron chi connectivity index (χ4n) is 1.07. The molecule has 1 heterocycles. The van der Waals surface area contributed by atoms with Gasteiger partial charge in [-0.15, -0.1) is 13.2 Å². The number of morpholine rings is 1. The van der Waals surface area contributed by atoms with Crippen molar-refractivity contribution in [1.29, 1.82) is 0 Å². The Bertz CT molecular complexity index is 130. The van der Waals surface area contributed by atoms with Crippen LogP contribution in [0.15, 0.2) is 13.2 Å². The largest absolute Gasteiger partial charge is 0.379 e. The van der Waals surface area contributed by atoms with Gasteiger partial charge < -0.3 is 4.74 Å². The van der Waals surface area contributed by atoms with Gasteiger partial charge in [0.2, 0.25) is 0 Å². The first kappa shape index (κ1) is 11.3. The minimum absolute atomic E-state index is 0.238. The summed E-state index contributed by atoms with van der Waals surface area (Å²) in [6.45, 7) is 11.6. The molecular formula is C9H17NO2. The third-order valence-electron chi connectivity index (χ3n) is 1.55. The average Bonchev–Trinajstić information content (AvgIpc) is 2.08. The van der Waals surface area contributed by atoms with Crippen molar-refractivity contribution in [3.8, 4) is 0 Å². The molecule has 0 amide bonds. The third-order valence-corrected chi connectivity index (χ3v) is 1.55. The molecule has 70 valence electrons. The Morgan fingerprint density at radius 2 is 1.92 bits per heavy atom. The molecule has 12 heavy (non-hydrogen) atoms. The van der Waals surface area contributed by atoms with Crippen LogP contribution in [0.25, 0.3) is 0 Å². The second kappa shape index (κ2) is 7.00. The van der Waals surface area contributed by atoms with Crippen LogP contribution in [0.1, 0.15) is 6.92 Å². The molecule has 1 rings (SSSR count). The van der Waals surface area contributed by atoms with Crippen molar-refractivity contribution in [3.63, 3.8) is 0 Å². The van der Waals surface area contributed by atoms with E-state index in [4.69, 9.17) is 4.74 Å². The zero-order valence-corrected chi connectivity index (χ0v) is 7.71. The molecule has 1 fully saturated rings. The third kappa shape index (κ3) is 5.04. The summed E-state index contributed by atoms with van der Waals surface area (Å²) in [6, 6.07) is 0. The summed E-state index contributed by atoms with van der Waals surface area (Å²) in [5.74, 6) is 0.238. The molecule has 0 aliphatic carbocycles. The van der Waals surface area contributed by atoms with Crippen LogP contribution in [0.2, 0.25) is 0 Å². The fraction of sp³-hybridized carbons (Fsp3) is 0.667. The van der Waals surface area contributed by atoms with E-state index in [-0.39, 0.29) is 5.78 Å². The lowest BCUT2D eigenvalue weighted by atomic mass is 10.3. The Labute approximate surface area is 74.0 Å². The molecule has 0 saturated carbocycles. The van der Waals surface area contributed by atoms with E-state index in [0.29, 0.717) is 6.54 Å². The molecule has 0 aromatic carbocycles. The van der Waals surface area contributed by atoms with Crippen molar-refractivity contribution in [2.24, 2.45) is 0 Å². The van der Waals surface area contributed by atoms with E-state index < -0.39 is 0 Å². The van der Waals surface area contributed by atoms with Gasteiger partial charge in [0.1, 0.15) is 5.78 Å². The van der Waals surface area contributed by atoms with Crippen LogP contribution in [-0.2, 0) is 9.53 Å². The maximum Gasteiger partial charge on any atom is 0.143 e. The van der Waals surface area contributed by atoms with E-state index in [1.165, 1.54) is 0 Å². The number of carbonyl (C=O) groups is 1. The van der Waals surface area contributed by atoms with Crippen molar-refractivity contribution in [2.75, 3.05) is 32.8 Å². The molecule has 0 aromatic heterocycles. The number of rotatable bonds is 2. The first-order chi connectivity index (χ1) is 5.79. The molecule has 3 nitrogen and oxygen atoms in total. The number of hydrogen-bond donors (Lipinski definition) is 0. The van der Waals surface area contributed by atoms with Gasteiger partial charge in [0.25, 0.3) is 0 Å². The number of ether oxygens (including phenoxy) is 1. The maximum atomic E-state index is 10.6. The molecule has 1 aliphatic heterocycles. The molecule has 0 radical (unpaired) electrons. The summed E-state index contributed by atoms with van der Waals surface area (Å²) >= 11 is 0. The van der Waals surface area contributed by atoms with E-state index >= 15 is 0 Å². The quantitative estimate of drug-likeness (QED) is 0.573. The summed E-state index contributed by atoms with van der Waals surface area (Å²) in [5.41, 5.74) is 0. The van der Waals surface area contributed by atoms with Crippen LogP contribution in [0, 0.1) is 0 Å². The number of Topliss-reactive ketones (excluding diaryl/α,β-unsaturated/α-hetero) is 1. The lowest BCUT2D eigenvalue weighted by Gasteiger charge is -2.25. The Hall–Kier alpha value is -0.670. The second-order valence-electron chi connectivity index (χ2n) is 2.59. The number of hydrogen-bond acceptors (Lipinski definition) is 3. The Morgan fingerprint density at radius 3 is 2.33 bits per heavy atom. The van der Waals surface area contributed by atoms with Gasteiger partial charge in [0, 0.05) is 13.1 Å². The molecule has 0 aromatic rings. The van der Waals surface area contributed by atoms with Crippen molar-refractivity contribution >= 4 is 5.78 Å². The smallest absolute Gasteiger partial charge is 0.143 e. The molecule has 0 N–H and O–H groups in total. The summed E-state index contributed by atoms with van der Waals surface area (Å²) in [7, 11) is 0. The van der Waals surface area contributed by atoms with Gasteiger partial charge >= 0.3 is 0 Å². The van der Waals surface area contributed by atoms with Crippen LogP contribution in [0.3, 0.4) is 0 Å². The van der Waals surface area contributed by atoms with Gasteiger partial charge in [-0.2, -0.15) is 0 Å². The van der Waals surface area contributed by atoms with Gasteiger partial charge in [0.15, 0.2) is 0 Å². The zero-order chi connectivity index (χ0) is 9.40. The predicted octanol–water partition coefficient (Wildman–Crippen LogP) is 0.710. The van der Waals surface area contributed by atoms with E-state index in [1.807, 2.05) is 0 Å². The van der Waals surface area contributed by atoms with E-state index in [1.54, 1.807) is 6.92 Å². The second-order valence-corrected chi connectivity index (χ2v) is 2.59. The van der Waals surface area contributed by atoms with E-state index in [0.717, 1.165) is 26.3 Å². The summed E-state index contributed by atoms with van der Waals surface area (Å²) in [4.78, 5) is 12.7. The summed E-state index contributed by atoms with van der Waals surface area (Å²) in [6.07, 6.45) is 0. The van der Waals surface area contributed by atoms with Gasteiger partial charge in [-0.25, -0.2) is 0 Å². The number of nitrogens with zero attached hydrogens (tertiary/aromatic N) is 1. The standard InChI is InChI=1S/C7H13NO2.C2H4/c1-7(9)6-8-2-4-10-5-3-8;1-2/h2-6H2,1H3;1-2H2. The Kier molecular flexibility index (Phi) is 6.61. The van der Waals surface area contributed by atoms with Crippen molar-refractivity contribution in [2.45, 2.75) is 6.92 Å². The number of carbonyl (C=O) groups excluding carboxylic acids is 1. The van der Waals surface area contributed by atoms with Crippen molar-refractivity contribution in [1.82, 2.24) is 4.90 Å². The summed E-state index contributed by atoms with van der Waals surface area (Å²) < 4.78 is 5.13. The first-order valence-corrected chi connectivity index (χ1v) is 4.08. The number of ketones is 1. The van der Waals surface area contributed by atoms with Crippen LogP contribution >= 0.6 is 0 Å². The van der Waals surface area contributed by atoms with Crippen molar-refractivity contribution < 1.29 is 9.53 Å². The van der Waals surface area contributed by atoms with Crippen LogP contribution in [-0.4, -0.2) is 43.5 Å². The lowest BCUT2D eigenvalue weighted by Crippen LogP contribution is -2.38.